The smallest absolute Gasteiger partial charge is 0.338 e. The molecule has 17 heavy (non-hydrogen) atoms. The van der Waals surface area contributed by atoms with E-state index in [0.717, 1.165) is 18.4 Å². The van der Waals surface area contributed by atoms with Crippen molar-refractivity contribution in [2.24, 2.45) is 0 Å². The van der Waals surface area contributed by atoms with Crippen LogP contribution in [0.15, 0.2) is 24.3 Å². The highest BCUT2D eigenvalue weighted by Crippen LogP contribution is 2.20. The predicted octanol–water partition coefficient (Wildman–Crippen LogP) is 2.74. The van der Waals surface area contributed by atoms with Gasteiger partial charge >= 0.3 is 5.97 Å². The molecule has 0 heterocycles. The van der Waals surface area contributed by atoms with Crippen LogP contribution >= 0.6 is 0 Å². The van der Waals surface area contributed by atoms with Crippen LogP contribution in [0.4, 0.5) is 0 Å². The number of ether oxygens (including phenoxy) is 1. The third-order valence-corrected chi connectivity index (χ3v) is 2.72. The highest BCUT2D eigenvalue weighted by atomic mass is 16.5. The molecule has 1 aromatic carbocycles. The Labute approximate surface area is 102 Å². The van der Waals surface area contributed by atoms with E-state index >= 15 is 0 Å². The van der Waals surface area contributed by atoms with Crippen molar-refractivity contribution in [2.45, 2.75) is 32.6 Å². The van der Waals surface area contributed by atoms with E-state index in [4.69, 9.17) is 9.84 Å². The molecule has 3 heteroatoms. The molecule has 0 aliphatic heterocycles. The topological polar surface area (TPSA) is 46.5 Å². The Balaban J connectivity index is 2.78. The third kappa shape index (κ3) is 3.86. The summed E-state index contributed by atoms with van der Waals surface area (Å²) >= 11 is 0. The minimum atomic E-state index is -0.297. The van der Waals surface area contributed by atoms with Crippen LogP contribution in [0.1, 0.15) is 48.5 Å². The summed E-state index contributed by atoms with van der Waals surface area (Å²) in [4.78, 5) is 11.9. The number of aliphatic hydroxyl groups excluding tert-OH is 1. The Morgan fingerprint density at radius 1 is 1.41 bits per heavy atom. The summed E-state index contributed by atoms with van der Waals surface area (Å²) in [6.07, 6.45) is 1.88. The van der Waals surface area contributed by atoms with Gasteiger partial charge in [0.2, 0.25) is 0 Å². The molecule has 94 valence electrons. The second-order valence-corrected chi connectivity index (χ2v) is 4.16. The van der Waals surface area contributed by atoms with Crippen molar-refractivity contribution >= 4 is 5.97 Å². The van der Waals surface area contributed by atoms with Gasteiger partial charge in [0, 0.05) is 12.5 Å². The zero-order chi connectivity index (χ0) is 12.7. The molecule has 1 unspecified atom stereocenters. The molecule has 1 aromatic rings. The van der Waals surface area contributed by atoms with E-state index in [1.54, 1.807) is 6.07 Å². The van der Waals surface area contributed by atoms with Crippen LogP contribution in [-0.4, -0.2) is 24.3 Å². The quantitative estimate of drug-likeness (QED) is 0.610. The van der Waals surface area contributed by atoms with Crippen molar-refractivity contribution in [2.75, 3.05) is 13.2 Å². The first-order valence-electron chi connectivity index (χ1n) is 6.07. The Bertz CT molecular complexity index is 360. The maximum absolute atomic E-state index is 11.9. The number of aliphatic hydroxyl groups is 1. The van der Waals surface area contributed by atoms with Crippen LogP contribution in [0, 0.1) is 0 Å². The number of carbonyl (C=O) groups excluding carboxylic acids is 1. The van der Waals surface area contributed by atoms with Crippen molar-refractivity contribution < 1.29 is 14.6 Å². The first-order valence-corrected chi connectivity index (χ1v) is 6.07. The molecule has 0 saturated heterocycles. The molecule has 0 aromatic heterocycles. The Morgan fingerprint density at radius 3 is 2.76 bits per heavy atom. The van der Waals surface area contributed by atoms with Crippen LogP contribution in [0.3, 0.4) is 0 Å². The van der Waals surface area contributed by atoms with E-state index in [1.165, 1.54) is 0 Å². The predicted molar refractivity (Wildman–Crippen MR) is 67.1 cm³/mol. The molecule has 0 amide bonds. The lowest BCUT2D eigenvalue weighted by Gasteiger charge is -2.13. The van der Waals surface area contributed by atoms with Crippen LogP contribution < -0.4 is 0 Å². The fourth-order valence-corrected chi connectivity index (χ4v) is 1.60. The zero-order valence-electron chi connectivity index (χ0n) is 10.5. The molecule has 1 N–H and O–H groups in total. The average Bonchev–Trinajstić information content (AvgIpc) is 2.38. The Morgan fingerprint density at radius 2 is 2.12 bits per heavy atom. The van der Waals surface area contributed by atoms with Gasteiger partial charge < -0.3 is 9.84 Å². The fourth-order valence-electron chi connectivity index (χ4n) is 1.60. The molecule has 0 saturated carbocycles. The van der Waals surface area contributed by atoms with Gasteiger partial charge in [-0.05, 0) is 18.1 Å². The minimum Gasteiger partial charge on any atom is -0.462 e. The number of carbonyl (C=O) groups is 1. The lowest BCUT2D eigenvalue weighted by molar-refractivity contribution is 0.0497. The summed E-state index contributed by atoms with van der Waals surface area (Å²) in [5, 5.41) is 9.16. The van der Waals surface area contributed by atoms with E-state index in [9.17, 15) is 4.79 Å². The van der Waals surface area contributed by atoms with Gasteiger partial charge in [0.05, 0.1) is 12.2 Å². The van der Waals surface area contributed by atoms with Crippen molar-refractivity contribution in [1.82, 2.24) is 0 Å². The minimum absolute atomic E-state index is 0.0270. The highest BCUT2D eigenvalue weighted by molar-refractivity contribution is 5.91. The molecule has 1 atom stereocenters. The first-order chi connectivity index (χ1) is 8.20. The second-order valence-electron chi connectivity index (χ2n) is 4.16. The van der Waals surface area contributed by atoms with Crippen molar-refractivity contribution in [3.05, 3.63) is 35.4 Å². The van der Waals surface area contributed by atoms with E-state index in [2.05, 4.69) is 6.92 Å². The maximum Gasteiger partial charge on any atom is 0.338 e. The number of hydrogen-bond donors (Lipinski definition) is 1. The van der Waals surface area contributed by atoms with Crippen molar-refractivity contribution in [3.63, 3.8) is 0 Å². The zero-order valence-corrected chi connectivity index (χ0v) is 10.5. The molecular weight excluding hydrogens is 216 g/mol. The SMILES string of the molecule is CCCCOC(=O)c1ccccc1C(C)CO. The van der Waals surface area contributed by atoms with E-state index in [0.29, 0.717) is 12.2 Å². The summed E-state index contributed by atoms with van der Waals surface area (Å²) in [6.45, 7) is 4.42. The fraction of sp³-hybridized carbons (Fsp3) is 0.500. The molecule has 0 spiro atoms. The maximum atomic E-state index is 11.9. The van der Waals surface area contributed by atoms with E-state index in [-0.39, 0.29) is 18.5 Å². The molecule has 3 nitrogen and oxygen atoms in total. The molecule has 0 radical (unpaired) electrons. The molecule has 1 rings (SSSR count). The monoisotopic (exact) mass is 236 g/mol. The summed E-state index contributed by atoms with van der Waals surface area (Å²) in [6, 6.07) is 7.28. The van der Waals surface area contributed by atoms with E-state index in [1.807, 2.05) is 25.1 Å². The van der Waals surface area contributed by atoms with Crippen molar-refractivity contribution in [1.29, 1.82) is 0 Å². The summed E-state index contributed by atoms with van der Waals surface area (Å²) in [5.74, 6) is -0.348. The Kier molecular flexibility index (Phi) is 5.70. The normalized spacial score (nSPS) is 12.2. The molecule has 0 aliphatic carbocycles. The molecule has 0 aliphatic rings. The van der Waals surface area contributed by atoms with Gasteiger partial charge in [-0.3, -0.25) is 0 Å². The van der Waals surface area contributed by atoms with Gasteiger partial charge in [-0.25, -0.2) is 4.79 Å². The van der Waals surface area contributed by atoms with Crippen LogP contribution in [0.2, 0.25) is 0 Å². The van der Waals surface area contributed by atoms with Gasteiger partial charge in [-0.2, -0.15) is 0 Å². The molecule has 0 fully saturated rings. The number of esters is 1. The lowest BCUT2D eigenvalue weighted by Crippen LogP contribution is -2.12. The van der Waals surface area contributed by atoms with Gasteiger partial charge in [-0.1, -0.05) is 38.5 Å². The van der Waals surface area contributed by atoms with Crippen LogP contribution in [0.25, 0.3) is 0 Å². The van der Waals surface area contributed by atoms with Crippen LogP contribution in [0.5, 0.6) is 0 Å². The van der Waals surface area contributed by atoms with Crippen molar-refractivity contribution in [3.8, 4) is 0 Å². The lowest BCUT2D eigenvalue weighted by atomic mass is 9.96. The van der Waals surface area contributed by atoms with Gasteiger partial charge in [-0.15, -0.1) is 0 Å². The number of rotatable bonds is 6. The van der Waals surface area contributed by atoms with Gasteiger partial charge in [0.15, 0.2) is 0 Å². The largest absolute Gasteiger partial charge is 0.462 e. The second kappa shape index (κ2) is 7.07. The number of hydrogen-bond acceptors (Lipinski definition) is 3. The number of unbranched alkanes of at least 4 members (excludes halogenated alkanes) is 1. The average molecular weight is 236 g/mol. The standard InChI is InChI=1S/C14H20O3/c1-3-4-9-17-14(16)13-8-6-5-7-12(13)11(2)10-15/h5-8,11,15H,3-4,9-10H2,1-2H3. The highest BCUT2D eigenvalue weighted by Gasteiger charge is 2.15. The molecular formula is C14H20O3. The summed E-state index contributed by atoms with van der Waals surface area (Å²) in [7, 11) is 0. The summed E-state index contributed by atoms with van der Waals surface area (Å²) < 4.78 is 5.18. The number of benzene rings is 1. The third-order valence-electron chi connectivity index (χ3n) is 2.72. The van der Waals surface area contributed by atoms with E-state index < -0.39 is 0 Å². The van der Waals surface area contributed by atoms with Gasteiger partial charge in [0.25, 0.3) is 0 Å². The molecule has 0 bridgehead atoms. The van der Waals surface area contributed by atoms with Crippen LogP contribution in [-0.2, 0) is 4.74 Å². The summed E-state index contributed by atoms with van der Waals surface area (Å²) in [5.41, 5.74) is 1.40. The van der Waals surface area contributed by atoms with Gasteiger partial charge in [0.1, 0.15) is 0 Å². The Hall–Kier alpha value is -1.35. The first kappa shape index (κ1) is 13.7.